The molecule has 3 aliphatic rings. The van der Waals surface area contributed by atoms with Crippen molar-refractivity contribution in [2.75, 3.05) is 44.2 Å². The summed E-state index contributed by atoms with van der Waals surface area (Å²) < 4.78 is 26.3. The second-order valence-corrected chi connectivity index (χ2v) is 8.59. The molecule has 3 heterocycles. The molecule has 0 bridgehead atoms. The van der Waals surface area contributed by atoms with E-state index >= 15 is 4.39 Å². The van der Waals surface area contributed by atoms with Crippen LogP contribution in [0.1, 0.15) is 13.3 Å². The van der Waals surface area contributed by atoms with Crippen LogP contribution in [0.5, 0.6) is 0 Å². The zero-order chi connectivity index (χ0) is 22.9. The summed E-state index contributed by atoms with van der Waals surface area (Å²) in [6.45, 7) is 4.97. The third kappa shape index (κ3) is 4.53. The molecule has 2 N–H and O–H groups in total. The summed E-state index contributed by atoms with van der Waals surface area (Å²) in [6, 6.07) is 7.88. The SMILES string of the molecule is CC(O)NCC1CN(C2C=C(F)C(N3CCN(c4nc5ccccc5o4)CC3)=CC2)C(=O)O1. The van der Waals surface area contributed by atoms with Crippen molar-refractivity contribution in [3.8, 4) is 0 Å². The van der Waals surface area contributed by atoms with Gasteiger partial charge in [-0.25, -0.2) is 9.18 Å². The van der Waals surface area contributed by atoms with Gasteiger partial charge in [-0.2, -0.15) is 4.98 Å². The van der Waals surface area contributed by atoms with Crippen molar-refractivity contribution in [2.45, 2.75) is 31.7 Å². The zero-order valence-electron chi connectivity index (χ0n) is 18.5. The van der Waals surface area contributed by atoms with Gasteiger partial charge in [-0.3, -0.25) is 10.2 Å². The Morgan fingerprint density at radius 3 is 2.73 bits per heavy atom. The van der Waals surface area contributed by atoms with Crippen molar-refractivity contribution < 1.29 is 23.4 Å². The number of halogens is 1. The third-order valence-corrected chi connectivity index (χ3v) is 6.25. The van der Waals surface area contributed by atoms with Crippen molar-refractivity contribution in [1.82, 2.24) is 20.1 Å². The summed E-state index contributed by atoms with van der Waals surface area (Å²) in [6.07, 6.45) is 2.40. The molecule has 1 aromatic heterocycles. The molecule has 2 fully saturated rings. The number of nitrogens with one attached hydrogen (secondary N) is 1. The summed E-state index contributed by atoms with van der Waals surface area (Å²) in [4.78, 5) is 22.5. The smallest absolute Gasteiger partial charge is 0.410 e. The fourth-order valence-corrected chi connectivity index (χ4v) is 4.50. The number of rotatable bonds is 6. The molecule has 176 valence electrons. The highest BCUT2D eigenvalue weighted by atomic mass is 19.1. The molecule has 3 unspecified atom stereocenters. The predicted octanol–water partition coefficient (Wildman–Crippen LogP) is 2.21. The lowest BCUT2D eigenvalue weighted by Gasteiger charge is -2.37. The first kappa shape index (κ1) is 21.7. The van der Waals surface area contributed by atoms with E-state index in [-0.39, 0.29) is 18.0 Å². The first-order valence-electron chi connectivity index (χ1n) is 11.3. The average molecular weight is 458 g/mol. The maximum absolute atomic E-state index is 15.1. The topological polar surface area (TPSA) is 94.3 Å². The molecule has 1 aromatic carbocycles. The highest BCUT2D eigenvalue weighted by molar-refractivity contribution is 5.74. The van der Waals surface area contributed by atoms with E-state index in [4.69, 9.17) is 9.15 Å². The van der Waals surface area contributed by atoms with E-state index in [9.17, 15) is 9.90 Å². The number of aromatic nitrogens is 1. The Hall–Kier alpha value is -3.11. The molecule has 0 spiro atoms. The summed E-state index contributed by atoms with van der Waals surface area (Å²) >= 11 is 0. The van der Waals surface area contributed by atoms with Crippen molar-refractivity contribution in [2.24, 2.45) is 0 Å². The minimum Gasteiger partial charge on any atom is -0.443 e. The van der Waals surface area contributed by atoms with Crippen LogP contribution in [-0.2, 0) is 4.74 Å². The van der Waals surface area contributed by atoms with Gasteiger partial charge in [-0.1, -0.05) is 18.2 Å². The fourth-order valence-electron chi connectivity index (χ4n) is 4.50. The normalized spacial score (nSPS) is 24.7. The van der Waals surface area contributed by atoms with Crippen LogP contribution in [-0.4, -0.2) is 83.6 Å². The van der Waals surface area contributed by atoms with Gasteiger partial charge in [-0.05, 0) is 31.6 Å². The Morgan fingerprint density at radius 1 is 1.24 bits per heavy atom. The molecule has 9 nitrogen and oxygen atoms in total. The van der Waals surface area contributed by atoms with Gasteiger partial charge in [0, 0.05) is 32.7 Å². The van der Waals surface area contributed by atoms with Gasteiger partial charge in [0.05, 0.1) is 18.3 Å². The second kappa shape index (κ2) is 9.03. The molecular formula is C23H28FN5O4. The quantitative estimate of drug-likeness (QED) is 0.638. The molecule has 2 aromatic rings. The highest BCUT2D eigenvalue weighted by Crippen LogP contribution is 2.30. The molecule has 2 saturated heterocycles. The zero-order valence-corrected chi connectivity index (χ0v) is 18.5. The number of fused-ring (bicyclic) bond motifs is 1. The van der Waals surface area contributed by atoms with E-state index in [1.54, 1.807) is 11.8 Å². The molecule has 1 amide bonds. The number of carbonyl (C=O) groups is 1. The number of allylic oxidation sites excluding steroid dienone is 1. The number of benzene rings is 1. The van der Waals surface area contributed by atoms with E-state index in [1.807, 2.05) is 35.2 Å². The number of oxazole rings is 1. The molecule has 5 rings (SSSR count). The number of amides is 1. The van der Waals surface area contributed by atoms with Crippen LogP contribution in [0, 0.1) is 0 Å². The number of carbonyl (C=O) groups excluding carboxylic acids is 1. The second-order valence-electron chi connectivity index (χ2n) is 8.59. The van der Waals surface area contributed by atoms with Gasteiger partial charge >= 0.3 is 6.09 Å². The molecular weight excluding hydrogens is 429 g/mol. The van der Waals surface area contributed by atoms with Crippen LogP contribution < -0.4 is 10.2 Å². The summed E-state index contributed by atoms with van der Waals surface area (Å²) in [5.74, 6) is -0.320. The first-order valence-corrected chi connectivity index (χ1v) is 11.3. The number of piperazine rings is 1. The number of hydrogen-bond acceptors (Lipinski definition) is 8. The monoisotopic (exact) mass is 457 g/mol. The van der Waals surface area contributed by atoms with Crippen LogP contribution in [0.4, 0.5) is 15.2 Å². The van der Waals surface area contributed by atoms with Crippen molar-refractivity contribution in [1.29, 1.82) is 0 Å². The van der Waals surface area contributed by atoms with E-state index in [0.717, 1.165) is 11.1 Å². The number of anilines is 1. The van der Waals surface area contributed by atoms with Crippen LogP contribution in [0.2, 0.25) is 0 Å². The van der Waals surface area contributed by atoms with Crippen molar-refractivity contribution >= 4 is 23.2 Å². The standard InChI is InChI=1S/C23H28FN5O4/c1-15(30)25-13-17-14-29(23(31)32-17)16-6-7-20(18(24)12-16)27-8-10-28(11-9-27)22-26-19-4-2-3-5-21(19)33-22/h2-5,7,12,15-17,25,30H,6,8-11,13-14H2,1H3. The Morgan fingerprint density at radius 2 is 2.00 bits per heavy atom. The van der Waals surface area contributed by atoms with Crippen LogP contribution in [0.3, 0.4) is 0 Å². The lowest BCUT2D eigenvalue weighted by molar-refractivity contribution is 0.108. The van der Waals surface area contributed by atoms with E-state index in [1.165, 1.54) is 6.08 Å². The molecule has 33 heavy (non-hydrogen) atoms. The van der Waals surface area contributed by atoms with Gasteiger partial charge in [0.15, 0.2) is 5.58 Å². The van der Waals surface area contributed by atoms with Crippen LogP contribution in [0.15, 0.2) is 52.4 Å². The number of ether oxygens (including phenoxy) is 1. The number of cyclic esters (lactones) is 1. The molecule has 1 aliphatic carbocycles. The van der Waals surface area contributed by atoms with Gasteiger partial charge in [0.1, 0.15) is 23.7 Å². The van der Waals surface area contributed by atoms with Gasteiger partial charge in [-0.15, -0.1) is 0 Å². The van der Waals surface area contributed by atoms with Crippen molar-refractivity contribution in [3.63, 3.8) is 0 Å². The Bertz CT molecular complexity index is 1040. The number of aliphatic hydroxyl groups excluding tert-OH is 1. The largest absolute Gasteiger partial charge is 0.443 e. The Labute approximate surface area is 191 Å². The van der Waals surface area contributed by atoms with Gasteiger partial charge < -0.3 is 24.1 Å². The minimum absolute atomic E-state index is 0.320. The summed E-state index contributed by atoms with van der Waals surface area (Å²) in [5.41, 5.74) is 2.16. The molecule has 2 aliphatic heterocycles. The third-order valence-electron chi connectivity index (χ3n) is 6.25. The maximum Gasteiger partial charge on any atom is 0.410 e. The van der Waals surface area contributed by atoms with E-state index in [0.29, 0.717) is 57.4 Å². The number of nitrogens with zero attached hydrogens (tertiary/aromatic N) is 4. The predicted molar refractivity (Wildman–Crippen MR) is 120 cm³/mol. The molecule has 0 radical (unpaired) electrons. The highest BCUT2D eigenvalue weighted by Gasteiger charge is 2.37. The van der Waals surface area contributed by atoms with Crippen molar-refractivity contribution in [3.05, 3.63) is 47.9 Å². The Kier molecular flexibility index (Phi) is 5.94. The number of hydrogen-bond donors (Lipinski definition) is 2. The number of para-hydroxylation sites is 2. The first-order chi connectivity index (χ1) is 16.0. The Balaban J connectivity index is 1.17. The fraction of sp³-hybridized carbons (Fsp3) is 0.478. The van der Waals surface area contributed by atoms with Gasteiger partial charge in [0.25, 0.3) is 6.01 Å². The van der Waals surface area contributed by atoms with Gasteiger partial charge in [0.2, 0.25) is 0 Å². The van der Waals surface area contributed by atoms with Crippen LogP contribution >= 0.6 is 0 Å². The lowest BCUT2D eigenvalue weighted by atomic mass is 10.0. The molecule has 3 atom stereocenters. The lowest BCUT2D eigenvalue weighted by Crippen LogP contribution is -2.46. The number of aliphatic hydroxyl groups is 1. The molecule has 0 saturated carbocycles. The average Bonchev–Trinajstić information content (AvgIpc) is 3.41. The van der Waals surface area contributed by atoms with E-state index < -0.39 is 12.3 Å². The minimum atomic E-state index is -0.682. The maximum atomic E-state index is 15.1. The molecule has 10 heteroatoms. The van der Waals surface area contributed by atoms with Crippen LogP contribution in [0.25, 0.3) is 11.1 Å². The summed E-state index contributed by atoms with van der Waals surface area (Å²) in [5, 5.41) is 12.2. The van der Waals surface area contributed by atoms with E-state index in [2.05, 4.69) is 15.2 Å². The summed E-state index contributed by atoms with van der Waals surface area (Å²) in [7, 11) is 0.